The Labute approximate surface area is 150 Å². The van der Waals surface area contributed by atoms with Crippen LogP contribution in [0.5, 0.6) is 0 Å². The third-order valence-electron chi connectivity index (χ3n) is 4.71. The Balaban J connectivity index is 1.42. The number of pyridine rings is 1. The van der Waals surface area contributed by atoms with Crippen molar-refractivity contribution in [1.82, 2.24) is 30.1 Å². The molecular weight excluding hydrogens is 328 g/mol. The first-order chi connectivity index (χ1) is 12.8. The molecule has 0 aliphatic carbocycles. The van der Waals surface area contributed by atoms with E-state index < -0.39 is 0 Å². The zero-order valence-electron chi connectivity index (χ0n) is 14.2. The maximum atomic E-state index is 4.63. The van der Waals surface area contributed by atoms with Crippen molar-refractivity contribution >= 4 is 34.0 Å². The lowest BCUT2D eigenvalue weighted by atomic mass is 10.1. The van der Waals surface area contributed by atoms with E-state index >= 15 is 0 Å². The first-order valence-electron chi connectivity index (χ1n) is 8.88. The summed E-state index contributed by atoms with van der Waals surface area (Å²) in [5, 5.41) is 23.0. The maximum absolute atomic E-state index is 4.63. The molecule has 132 valence electrons. The number of aromatic nitrogens is 5. The molecule has 4 heterocycles. The fourth-order valence-electron chi connectivity index (χ4n) is 3.40. The lowest BCUT2D eigenvalue weighted by Gasteiger charge is -2.24. The summed E-state index contributed by atoms with van der Waals surface area (Å²) in [4.78, 5) is 4.59. The Bertz CT molecular complexity index is 1040. The summed E-state index contributed by atoms with van der Waals surface area (Å²) in [6.45, 7) is 2.07. The van der Waals surface area contributed by atoms with Crippen LogP contribution in [0.15, 0.2) is 42.6 Å². The third kappa shape index (κ3) is 2.84. The minimum Gasteiger partial charge on any atom is -0.366 e. The lowest BCUT2D eigenvalue weighted by molar-refractivity contribution is 0.478. The number of anilines is 3. The van der Waals surface area contributed by atoms with E-state index in [1.54, 1.807) is 6.20 Å². The molecule has 1 unspecified atom stereocenters. The molecule has 8 heteroatoms. The predicted molar refractivity (Wildman–Crippen MR) is 102 cm³/mol. The van der Waals surface area contributed by atoms with E-state index in [0.717, 1.165) is 47.6 Å². The summed E-state index contributed by atoms with van der Waals surface area (Å²) in [6, 6.07) is 12.4. The number of hydrogen-bond donors (Lipinski definition) is 4. The molecule has 0 radical (unpaired) electrons. The van der Waals surface area contributed by atoms with Gasteiger partial charge in [0.2, 0.25) is 5.95 Å². The lowest BCUT2D eigenvalue weighted by Crippen LogP contribution is -2.38. The number of fused-ring (bicyclic) bond motifs is 2. The molecule has 26 heavy (non-hydrogen) atoms. The minimum atomic E-state index is 0.415. The van der Waals surface area contributed by atoms with Gasteiger partial charge in [0.05, 0.1) is 11.7 Å². The van der Waals surface area contributed by atoms with Gasteiger partial charge in [-0.1, -0.05) is 6.07 Å². The van der Waals surface area contributed by atoms with Crippen molar-refractivity contribution in [2.75, 3.05) is 23.7 Å². The zero-order chi connectivity index (χ0) is 17.3. The molecule has 1 atom stereocenters. The molecule has 1 aliphatic heterocycles. The fourth-order valence-corrected chi connectivity index (χ4v) is 3.40. The summed E-state index contributed by atoms with van der Waals surface area (Å²) in [5.74, 6) is 1.53. The van der Waals surface area contributed by atoms with Gasteiger partial charge in [-0.2, -0.15) is 14.6 Å². The highest BCUT2D eigenvalue weighted by Crippen LogP contribution is 2.21. The average Bonchev–Trinajstić information content (AvgIpc) is 3.29. The molecular formula is C18H20N8. The van der Waals surface area contributed by atoms with Gasteiger partial charge in [0.25, 0.3) is 0 Å². The van der Waals surface area contributed by atoms with Gasteiger partial charge >= 0.3 is 0 Å². The van der Waals surface area contributed by atoms with Gasteiger partial charge in [0.1, 0.15) is 5.82 Å². The Morgan fingerprint density at radius 1 is 1.19 bits per heavy atom. The Morgan fingerprint density at radius 3 is 3.12 bits per heavy atom. The van der Waals surface area contributed by atoms with Crippen molar-refractivity contribution in [3.63, 3.8) is 0 Å². The average molecular weight is 348 g/mol. The molecule has 4 aromatic rings. The monoisotopic (exact) mass is 348 g/mol. The number of piperidine rings is 1. The van der Waals surface area contributed by atoms with Crippen LogP contribution in [0.3, 0.4) is 0 Å². The second kappa shape index (κ2) is 6.30. The highest BCUT2D eigenvalue weighted by molar-refractivity contribution is 5.82. The van der Waals surface area contributed by atoms with Crippen LogP contribution in [0, 0.1) is 0 Å². The first-order valence-corrected chi connectivity index (χ1v) is 8.88. The number of nitrogens with one attached hydrogen (secondary N) is 4. The summed E-state index contributed by atoms with van der Waals surface area (Å²) in [6.07, 6.45) is 4.15. The van der Waals surface area contributed by atoms with Gasteiger partial charge in [-0.15, -0.1) is 5.10 Å². The molecule has 1 saturated heterocycles. The molecule has 0 saturated carbocycles. The number of aromatic amines is 1. The van der Waals surface area contributed by atoms with Crippen LogP contribution in [0.2, 0.25) is 0 Å². The van der Waals surface area contributed by atoms with Gasteiger partial charge in [-0.05, 0) is 49.7 Å². The molecule has 4 N–H and O–H groups in total. The fraction of sp³-hybridized carbons (Fsp3) is 0.278. The van der Waals surface area contributed by atoms with Crippen LogP contribution >= 0.6 is 0 Å². The topological polar surface area (TPSA) is 95.0 Å². The molecule has 5 rings (SSSR count). The summed E-state index contributed by atoms with van der Waals surface area (Å²) in [7, 11) is 0. The third-order valence-corrected chi connectivity index (χ3v) is 4.71. The van der Waals surface area contributed by atoms with Crippen molar-refractivity contribution < 1.29 is 0 Å². The van der Waals surface area contributed by atoms with E-state index in [-0.39, 0.29) is 0 Å². The van der Waals surface area contributed by atoms with E-state index in [4.69, 9.17) is 0 Å². The number of H-pyrrole nitrogens is 1. The van der Waals surface area contributed by atoms with E-state index in [1.807, 2.05) is 40.9 Å². The number of benzene rings is 1. The first kappa shape index (κ1) is 15.2. The van der Waals surface area contributed by atoms with Crippen molar-refractivity contribution in [3.8, 4) is 0 Å². The van der Waals surface area contributed by atoms with Crippen LogP contribution in [0.1, 0.15) is 12.8 Å². The molecule has 8 nitrogen and oxygen atoms in total. The van der Waals surface area contributed by atoms with Crippen molar-refractivity contribution in [2.45, 2.75) is 18.9 Å². The SMILES string of the molecule is c1cc(NC2CCCNC2)n2nc(Nc3ccc4cn[nH]c4c3)nc2c1. The molecule has 0 amide bonds. The Morgan fingerprint density at radius 2 is 2.19 bits per heavy atom. The second-order valence-corrected chi connectivity index (χ2v) is 6.60. The van der Waals surface area contributed by atoms with Gasteiger partial charge in [0.15, 0.2) is 5.65 Å². The standard InChI is InChI=1S/C18H20N8/c1-4-16(21-14-3-2-8-19-11-14)26-17(5-1)23-18(25-26)22-13-7-6-12-10-20-24-15(12)9-13/h1,4-7,9-10,14,19,21H,2-3,8,11H2,(H,20,24)(H,22,25). The highest BCUT2D eigenvalue weighted by Gasteiger charge is 2.15. The zero-order valence-corrected chi connectivity index (χ0v) is 14.2. The largest absolute Gasteiger partial charge is 0.366 e. The van der Waals surface area contributed by atoms with Crippen LogP contribution in [0.4, 0.5) is 17.5 Å². The van der Waals surface area contributed by atoms with Crippen molar-refractivity contribution in [1.29, 1.82) is 0 Å². The smallest absolute Gasteiger partial charge is 0.247 e. The molecule has 0 bridgehead atoms. The van der Waals surface area contributed by atoms with Crippen LogP contribution < -0.4 is 16.0 Å². The van der Waals surface area contributed by atoms with E-state index in [0.29, 0.717) is 12.0 Å². The minimum absolute atomic E-state index is 0.415. The number of nitrogens with zero attached hydrogens (tertiary/aromatic N) is 4. The molecule has 0 spiro atoms. The maximum Gasteiger partial charge on any atom is 0.247 e. The summed E-state index contributed by atoms with van der Waals surface area (Å²) >= 11 is 0. The molecule has 3 aromatic heterocycles. The highest BCUT2D eigenvalue weighted by atomic mass is 15.4. The van der Waals surface area contributed by atoms with E-state index in [2.05, 4.69) is 36.2 Å². The molecule has 1 aliphatic rings. The van der Waals surface area contributed by atoms with Crippen molar-refractivity contribution in [2.24, 2.45) is 0 Å². The van der Waals surface area contributed by atoms with Gasteiger partial charge in [-0.25, -0.2) is 0 Å². The second-order valence-electron chi connectivity index (χ2n) is 6.60. The predicted octanol–water partition coefficient (Wildman–Crippen LogP) is 2.51. The summed E-state index contributed by atoms with van der Waals surface area (Å²) in [5.41, 5.74) is 2.71. The number of hydrogen-bond acceptors (Lipinski definition) is 6. The van der Waals surface area contributed by atoms with Crippen LogP contribution in [0.25, 0.3) is 16.6 Å². The number of rotatable bonds is 4. The van der Waals surface area contributed by atoms with E-state index in [1.165, 1.54) is 6.42 Å². The van der Waals surface area contributed by atoms with Crippen LogP contribution in [-0.2, 0) is 0 Å². The quantitative estimate of drug-likeness (QED) is 0.453. The normalized spacial score (nSPS) is 17.6. The Kier molecular flexibility index (Phi) is 3.67. The molecule has 1 fully saturated rings. The van der Waals surface area contributed by atoms with E-state index in [9.17, 15) is 0 Å². The molecule has 1 aromatic carbocycles. The van der Waals surface area contributed by atoms with Gasteiger partial charge in [0, 0.05) is 23.7 Å². The van der Waals surface area contributed by atoms with Crippen molar-refractivity contribution in [3.05, 3.63) is 42.6 Å². The van der Waals surface area contributed by atoms with Gasteiger partial charge in [-0.3, -0.25) is 5.10 Å². The van der Waals surface area contributed by atoms with Gasteiger partial charge < -0.3 is 16.0 Å². The van der Waals surface area contributed by atoms with Crippen LogP contribution in [-0.4, -0.2) is 43.9 Å². The Hall–Kier alpha value is -3.13. The summed E-state index contributed by atoms with van der Waals surface area (Å²) < 4.78 is 1.85.